The average Bonchev–Trinajstić information content (AvgIpc) is 2.84. The minimum absolute atomic E-state index is 1.74. The molecule has 0 saturated carbocycles. The van der Waals surface area contributed by atoms with E-state index in [-0.39, 0.29) is 0 Å². The summed E-state index contributed by atoms with van der Waals surface area (Å²) in [5.41, 5.74) is 0. The molecule has 39 heteroatoms. The van der Waals surface area contributed by atoms with Crippen LogP contribution < -0.4 is 0 Å². The van der Waals surface area contributed by atoms with Gasteiger partial charge in [0.15, 0.2) is 18.5 Å². The van der Waals surface area contributed by atoms with Crippen molar-refractivity contribution in [3.8, 4) is 0 Å². The molecule has 8 N–H and O–H groups in total. The van der Waals surface area contributed by atoms with Gasteiger partial charge >= 0.3 is 72.8 Å². The van der Waals surface area contributed by atoms with Crippen molar-refractivity contribution in [1.29, 1.82) is 0 Å². The molecule has 0 aromatic heterocycles. The fourth-order valence-electron chi connectivity index (χ4n) is 3.97. The van der Waals surface area contributed by atoms with E-state index in [1.807, 2.05) is 0 Å². The summed E-state index contributed by atoms with van der Waals surface area (Å²) in [5.74, 6) is 0. The van der Waals surface area contributed by atoms with Crippen molar-refractivity contribution in [3.63, 3.8) is 0 Å². The molecule has 0 aromatic carbocycles. The van der Waals surface area contributed by atoms with Gasteiger partial charge in [0.05, 0.1) is 13.2 Å². The molecule has 2 rings (SSSR count). The molecule has 0 unspecified atom stereocenters. The molecular weight excluding hydrogens is 881 g/mol. The van der Waals surface area contributed by atoms with Crippen LogP contribution in [0.5, 0.6) is 0 Å². The van der Waals surface area contributed by atoms with Gasteiger partial charge in [-0.2, -0.15) is 58.9 Å². The summed E-state index contributed by atoms with van der Waals surface area (Å²) in [6, 6.07) is 0. The van der Waals surface area contributed by atoms with Gasteiger partial charge in [-0.05, 0) is 0 Å². The van der Waals surface area contributed by atoms with Gasteiger partial charge in [-0.15, -0.1) is 0 Å². The zero-order valence-electron chi connectivity index (χ0n) is 23.4. The molecule has 0 spiro atoms. The number of aliphatic hydroxyl groups excluding tert-OH is 1. The second-order valence-corrected chi connectivity index (χ2v) is 16.5. The molecule has 51 heavy (non-hydrogen) atoms. The molecule has 2 aliphatic heterocycles. The van der Waals surface area contributed by atoms with Crippen LogP contribution in [0.3, 0.4) is 0 Å². The molecule has 304 valence electrons. The third-order valence-electron chi connectivity index (χ3n) is 5.41. The van der Waals surface area contributed by atoms with Crippen molar-refractivity contribution < 1.29 is 139 Å². The van der Waals surface area contributed by atoms with Crippen LogP contribution >= 0.6 is 0 Å². The van der Waals surface area contributed by atoms with E-state index < -0.39 is 147 Å². The first-order valence-electron chi connectivity index (χ1n) is 11.7. The molecule has 0 aliphatic carbocycles. The van der Waals surface area contributed by atoms with E-state index in [0.29, 0.717) is 0 Å². The van der Waals surface area contributed by atoms with Crippen LogP contribution in [-0.4, -0.2) is 171 Å². The molecule has 0 radical (unpaired) electrons. The maximum Gasteiger partial charge on any atom is 0.399 e. The van der Waals surface area contributed by atoms with Crippen LogP contribution in [0, 0.1) is 0 Å². The Hall–Kier alpha value is -1.07. The maximum atomic E-state index is 11.7. The summed E-state index contributed by atoms with van der Waals surface area (Å²) in [6.45, 7) is -3.56. The Morgan fingerprint density at radius 1 is 0.392 bits per heavy atom. The third-order valence-corrected chi connectivity index (χ3v) is 8.57. The van der Waals surface area contributed by atoms with Gasteiger partial charge in [0.1, 0.15) is 36.6 Å². The predicted octanol–water partition coefficient (Wildman–Crippen LogP) is -6.61. The van der Waals surface area contributed by atoms with Crippen molar-refractivity contribution in [2.45, 2.75) is 61.4 Å². The van der Waals surface area contributed by atoms with Crippen LogP contribution in [0.2, 0.25) is 0 Å². The van der Waals surface area contributed by atoms with Gasteiger partial charge in [-0.1, -0.05) is 0 Å². The summed E-state index contributed by atoms with van der Waals surface area (Å²) >= 11 is 0. The largest absolute Gasteiger partial charge is 0.399 e. The van der Waals surface area contributed by atoms with E-state index in [9.17, 15) is 77.7 Å². The highest BCUT2D eigenvalue weighted by Gasteiger charge is 2.58. The summed E-state index contributed by atoms with van der Waals surface area (Å²) in [5, 5.41) is 10.9. The van der Waals surface area contributed by atoms with E-state index >= 15 is 0 Å². The molecular formula is C12H22O32S7. The monoisotopic (exact) mass is 902 g/mol. The molecule has 2 aliphatic rings. The van der Waals surface area contributed by atoms with Gasteiger partial charge in [0.25, 0.3) is 0 Å². The zero-order chi connectivity index (χ0) is 39.8. The molecule has 10 atom stereocenters. The molecule has 2 saturated heterocycles. The highest BCUT2D eigenvalue weighted by Crippen LogP contribution is 2.36. The number of rotatable bonds is 18. The quantitative estimate of drug-likeness (QED) is 0.0593. The SMILES string of the molecule is O=S(=O)(O)OC[C@H]1O[C@@H](O[C@H]2[C@H](O)[C@@H](OS(=O)(=O)O)[C@@H](OS(=O)(=O)O)O[C@@H]2COS(=O)(=O)O)[C@H](OS(=O)(=O)O)[C@@H](OS(=O)(=O)O)[C@H]1OS(=O)(=O)O. The van der Waals surface area contributed by atoms with E-state index in [1.54, 1.807) is 0 Å². The Kier molecular flexibility index (Phi) is 14.8. The minimum atomic E-state index is -6.06. The smallest absolute Gasteiger partial charge is 0.387 e. The zero-order valence-corrected chi connectivity index (χ0v) is 29.1. The highest BCUT2D eigenvalue weighted by atomic mass is 32.3. The van der Waals surface area contributed by atoms with Crippen molar-refractivity contribution in [2.24, 2.45) is 0 Å². The van der Waals surface area contributed by atoms with Gasteiger partial charge in [-0.25, -0.2) is 29.3 Å². The topological polar surface area (TPSA) is 493 Å². The lowest BCUT2D eigenvalue weighted by Crippen LogP contribution is -2.67. The highest BCUT2D eigenvalue weighted by molar-refractivity contribution is 7.82. The lowest BCUT2D eigenvalue weighted by molar-refractivity contribution is -0.343. The molecule has 0 bridgehead atoms. The van der Waals surface area contributed by atoms with Gasteiger partial charge < -0.3 is 19.3 Å². The normalized spacial score (nSPS) is 32.1. The van der Waals surface area contributed by atoms with Crippen molar-refractivity contribution in [1.82, 2.24) is 0 Å². The molecule has 0 aromatic rings. The number of aliphatic hydroxyl groups is 1. The molecule has 32 nitrogen and oxygen atoms in total. The summed E-state index contributed by atoms with van der Waals surface area (Å²) < 4.78 is 267. The fourth-order valence-corrected chi connectivity index (χ4v) is 6.96. The van der Waals surface area contributed by atoms with Gasteiger partial charge in [0.2, 0.25) is 6.29 Å². The first kappa shape index (κ1) is 46.1. The van der Waals surface area contributed by atoms with Crippen LogP contribution in [0.4, 0.5) is 0 Å². The Labute approximate surface area is 286 Å². The standard InChI is InChI=1S/C12H22O32S7/c13-5-6(3(1-35-45(14,15)16)38-12(44-51(32,33)34)8(5)41-48(23,24)25)39-11-10(43-50(29,30)31)9(42-49(26,27)28)7(40-47(20,21)22)4(37-11)2-36-46(17,18)19/h3-13H,1-2H2,(H,14,15,16)(H,17,18,19)(H,20,21,22)(H,23,24,25)(H,26,27,28)(H,29,30,31)(H,32,33,34)/t3-,4-,5+,6-,7+,8-,9+,10-,11+,12-/m1/s1. The van der Waals surface area contributed by atoms with Gasteiger partial charge in [-0.3, -0.25) is 31.9 Å². The van der Waals surface area contributed by atoms with Crippen LogP contribution in [0.15, 0.2) is 0 Å². The predicted molar refractivity (Wildman–Crippen MR) is 142 cm³/mol. The third kappa shape index (κ3) is 16.9. The second kappa shape index (κ2) is 16.3. The Morgan fingerprint density at radius 3 is 1.12 bits per heavy atom. The van der Waals surface area contributed by atoms with Crippen LogP contribution in [0.1, 0.15) is 0 Å². The van der Waals surface area contributed by atoms with E-state index in [0.717, 1.165) is 0 Å². The molecule has 2 heterocycles. The average molecular weight is 903 g/mol. The van der Waals surface area contributed by atoms with Crippen LogP contribution in [-0.2, 0) is 116 Å². The Bertz CT molecular complexity index is 2000. The van der Waals surface area contributed by atoms with Crippen molar-refractivity contribution >= 4 is 72.8 Å². The number of hydrogen-bond donors (Lipinski definition) is 8. The Morgan fingerprint density at radius 2 is 0.725 bits per heavy atom. The Balaban J connectivity index is 2.84. The first-order chi connectivity index (χ1) is 22.5. The molecule has 0 amide bonds. The number of ether oxygens (including phenoxy) is 3. The summed E-state index contributed by atoms with van der Waals surface area (Å²) in [7, 11) is -40.9. The fraction of sp³-hybridized carbons (Fsp3) is 1.00. The first-order valence-corrected chi connectivity index (χ1v) is 21.2. The van der Waals surface area contributed by atoms with E-state index in [1.165, 1.54) is 0 Å². The summed E-state index contributed by atoms with van der Waals surface area (Å²) in [4.78, 5) is 0. The maximum absolute atomic E-state index is 11.7. The minimum Gasteiger partial charge on any atom is -0.387 e. The van der Waals surface area contributed by atoms with Crippen molar-refractivity contribution in [3.05, 3.63) is 0 Å². The van der Waals surface area contributed by atoms with E-state index in [2.05, 4.69) is 29.3 Å². The number of hydrogen-bond acceptors (Lipinski definition) is 25. The molecule has 2 fully saturated rings. The lowest BCUT2D eigenvalue weighted by Gasteiger charge is -2.47. The van der Waals surface area contributed by atoms with Crippen LogP contribution in [0.25, 0.3) is 0 Å². The van der Waals surface area contributed by atoms with E-state index in [4.69, 9.17) is 32.4 Å². The van der Waals surface area contributed by atoms with Crippen molar-refractivity contribution in [2.75, 3.05) is 13.2 Å². The summed E-state index contributed by atoms with van der Waals surface area (Å²) in [6.07, 6.45) is -29.8. The second-order valence-electron chi connectivity index (χ2n) is 9.08. The van der Waals surface area contributed by atoms with Gasteiger partial charge in [0, 0.05) is 0 Å². The lowest BCUT2D eigenvalue weighted by atomic mass is 9.97.